The largest absolute Gasteiger partial charge is 0.366 e. The predicted octanol–water partition coefficient (Wildman–Crippen LogP) is 3.25. The highest BCUT2D eigenvalue weighted by atomic mass is 127. The van der Waals surface area contributed by atoms with E-state index in [1.807, 2.05) is 72.9 Å². The van der Waals surface area contributed by atoms with Gasteiger partial charge in [0.25, 0.3) is 11.8 Å². The molecule has 2 aliphatic heterocycles. The molecule has 0 bridgehead atoms. The maximum atomic E-state index is 13.5. The fourth-order valence-corrected chi connectivity index (χ4v) is 9.05. The van der Waals surface area contributed by atoms with Crippen LogP contribution in [0.2, 0.25) is 0 Å². The van der Waals surface area contributed by atoms with Crippen LogP contribution in [0.3, 0.4) is 0 Å². The number of carbonyl (C=O) groups excluding carboxylic acids is 3. The van der Waals surface area contributed by atoms with Gasteiger partial charge in [-0.15, -0.1) is 11.6 Å². The molecular formula is C23H29ClI3N3O7. The minimum absolute atomic E-state index is 0.0437. The number of hydrogen-bond acceptors (Lipinski definition) is 8. The van der Waals surface area contributed by atoms with Gasteiger partial charge in [-0.1, -0.05) is 0 Å². The van der Waals surface area contributed by atoms with E-state index in [0.29, 0.717) is 29.6 Å². The van der Waals surface area contributed by atoms with E-state index >= 15 is 0 Å². The first-order valence-corrected chi connectivity index (χ1v) is 15.2. The number of alkyl halides is 1. The molecule has 0 saturated carbocycles. The second kappa shape index (κ2) is 12.6. The van der Waals surface area contributed by atoms with Crippen LogP contribution in [-0.4, -0.2) is 80.1 Å². The molecule has 14 heteroatoms. The molecule has 1 aromatic carbocycles. The summed E-state index contributed by atoms with van der Waals surface area (Å²) < 4.78 is 24.6. The Morgan fingerprint density at radius 2 is 1.51 bits per heavy atom. The lowest BCUT2D eigenvalue weighted by atomic mass is 10.1. The van der Waals surface area contributed by atoms with Crippen LogP contribution < -0.4 is 16.0 Å². The number of nitrogens with two attached hydrogens (primary N) is 1. The molecule has 1 aromatic rings. The molecule has 2 saturated heterocycles. The summed E-state index contributed by atoms with van der Waals surface area (Å²) in [5, 5.41) is 2.89. The number of Topliss-reactive ketones (excluding diaryl/α,β-unsaturated/α-hetero) is 1. The average Bonchev–Trinajstić information content (AvgIpc) is 3.31. The van der Waals surface area contributed by atoms with Gasteiger partial charge in [0.1, 0.15) is 12.2 Å². The van der Waals surface area contributed by atoms with Crippen LogP contribution in [0.1, 0.15) is 48.4 Å². The first-order chi connectivity index (χ1) is 17.2. The zero-order valence-corrected chi connectivity index (χ0v) is 28.0. The van der Waals surface area contributed by atoms with Gasteiger partial charge in [0.15, 0.2) is 17.4 Å². The molecule has 37 heavy (non-hydrogen) atoms. The number of ketones is 1. The van der Waals surface area contributed by atoms with E-state index in [-0.39, 0.29) is 54.6 Å². The Bertz CT molecular complexity index is 1090. The molecule has 10 nitrogen and oxygen atoms in total. The van der Waals surface area contributed by atoms with Crippen LogP contribution in [0.5, 0.6) is 0 Å². The number of rotatable bonds is 10. The van der Waals surface area contributed by atoms with E-state index < -0.39 is 23.4 Å². The van der Waals surface area contributed by atoms with Gasteiger partial charge in [-0.3, -0.25) is 14.4 Å². The molecule has 2 amide bonds. The van der Waals surface area contributed by atoms with Gasteiger partial charge < -0.3 is 34.9 Å². The number of anilines is 1. The molecule has 2 fully saturated rings. The van der Waals surface area contributed by atoms with Crippen molar-refractivity contribution < 1.29 is 33.3 Å². The van der Waals surface area contributed by atoms with E-state index in [2.05, 4.69) is 27.9 Å². The van der Waals surface area contributed by atoms with Crippen molar-refractivity contribution in [3.05, 3.63) is 21.8 Å². The van der Waals surface area contributed by atoms with E-state index in [4.69, 9.17) is 36.3 Å². The summed E-state index contributed by atoms with van der Waals surface area (Å²) in [4.78, 5) is 40.2. The van der Waals surface area contributed by atoms with Crippen molar-refractivity contribution in [3.8, 4) is 0 Å². The lowest BCUT2D eigenvalue weighted by molar-refractivity contribution is -0.137. The van der Waals surface area contributed by atoms with Crippen molar-refractivity contribution in [3.63, 3.8) is 0 Å². The molecule has 206 valence electrons. The molecular weight excluding hydrogens is 846 g/mol. The molecule has 0 aromatic heterocycles. The second-order valence-corrected chi connectivity index (χ2v) is 13.1. The summed E-state index contributed by atoms with van der Waals surface area (Å²) in [6.07, 6.45) is -0.657. The number of benzene rings is 1. The van der Waals surface area contributed by atoms with Gasteiger partial charge in [-0.2, -0.15) is 0 Å². The predicted molar refractivity (Wildman–Crippen MR) is 163 cm³/mol. The molecule has 3 N–H and O–H groups in total. The van der Waals surface area contributed by atoms with Crippen LogP contribution in [0.4, 0.5) is 5.69 Å². The van der Waals surface area contributed by atoms with Crippen LogP contribution in [-0.2, 0) is 23.7 Å². The summed E-state index contributed by atoms with van der Waals surface area (Å²) >= 11 is 11.9. The van der Waals surface area contributed by atoms with Gasteiger partial charge in [0, 0.05) is 16.7 Å². The topological polar surface area (TPSA) is 129 Å². The zero-order valence-electron chi connectivity index (χ0n) is 20.8. The lowest BCUT2D eigenvalue weighted by Crippen LogP contribution is -2.41. The van der Waals surface area contributed by atoms with E-state index in [9.17, 15) is 14.4 Å². The van der Waals surface area contributed by atoms with Crippen molar-refractivity contribution in [1.29, 1.82) is 0 Å². The first kappa shape index (κ1) is 31.5. The molecule has 2 atom stereocenters. The van der Waals surface area contributed by atoms with Gasteiger partial charge in [-0.05, 0) is 95.5 Å². The third-order valence-electron chi connectivity index (χ3n) is 5.65. The number of nitrogens with zero attached hydrogens (tertiary/aromatic N) is 1. The van der Waals surface area contributed by atoms with E-state index in [0.717, 1.165) is 0 Å². The number of ether oxygens (including phenoxy) is 4. The summed E-state index contributed by atoms with van der Waals surface area (Å²) in [5.74, 6) is -2.96. The summed E-state index contributed by atoms with van der Waals surface area (Å²) in [7, 11) is 0. The van der Waals surface area contributed by atoms with Crippen LogP contribution in [0.25, 0.3) is 0 Å². The van der Waals surface area contributed by atoms with Crippen molar-refractivity contribution in [2.45, 2.75) is 51.5 Å². The van der Waals surface area contributed by atoms with Gasteiger partial charge in [0.05, 0.1) is 49.6 Å². The van der Waals surface area contributed by atoms with Crippen molar-refractivity contribution in [2.24, 2.45) is 5.73 Å². The quantitative estimate of drug-likeness (QED) is 0.271. The summed E-state index contributed by atoms with van der Waals surface area (Å²) in [6.45, 7) is 8.37. The average molecular weight is 876 g/mol. The number of halogens is 4. The Hall–Kier alpha value is -0.0500. The van der Waals surface area contributed by atoms with Crippen LogP contribution >= 0.6 is 79.4 Å². The maximum Gasteiger partial charge on any atom is 0.253 e. The second-order valence-electron chi connectivity index (χ2n) is 9.57. The fraction of sp³-hybridized carbons (Fsp3) is 0.609. The first-order valence-electron chi connectivity index (χ1n) is 11.4. The number of carbonyl (C=O) groups is 3. The minimum atomic E-state index is -0.761. The van der Waals surface area contributed by atoms with Crippen LogP contribution in [0.15, 0.2) is 0 Å². The Morgan fingerprint density at radius 1 is 0.973 bits per heavy atom. The Morgan fingerprint density at radius 3 is 2.00 bits per heavy atom. The SMILES string of the molecule is CC1(C)OCC(CNC(=O)c2c(I)c(C(N)=O)c(I)c(N(CC(=O)CCl)CC3COC(C)(C)O3)c2I)O1. The molecule has 0 aliphatic carbocycles. The Balaban J connectivity index is 2.01. The normalized spacial score (nSPS) is 22.2. The van der Waals surface area contributed by atoms with Gasteiger partial charge in [0.2, 0.25) is 0 Å². The smallest absolute Gasteiger partial charge is 0.253 e. The van der Waals surface area contributed by atoms with E-state index in [1.165, 1.54) is 0 Å². The monoisotopic (exact) mass is 875 g/mol. The van der Waals surface area contributed by atoms with E-state index in [1.54, 1.807) is 4.90 Å². The summed E-state index contributed by atoms with van der Waals surface area (Å²) in [5.41, 5.74) is 6.79. The van der Waals surface area contributed by atoms with Crippen molar-refractivity contribution >= 4 is 103 Å². The fourth-order valence-electron chi connectivity index (χ4n) is 4.09. The number of primary amides is 1. The Labute approximate surface area is 261 Å². The number of amides is 2. The molecule has 3 rings (SSSR count). The number of hydrogen-bond donors (Lipinski definition) is 2. The molecule has 2 heterocycles. The van der Waals surface area contributed by atoms with Crippen molar-refractivity contribution in [1.82, 2.24) is 5.32 Å². The third-order valence-corrected chi connectivity index (χ3v) is 9.13. The van der Waals surface area contributed by atoms with Gasteiger partial charge >= 0.3 is 0 Å². The third kappa shape index (κ3) is 7.79. The molecule has 2 aliphatic rings. The zero-order chi connectivity index (χ0) is 27.7. The Kier molecular flexibility index (Phi) is 10.8. The number of nitrogens with one attached hydrogen (secondary N) is 1. The molecule has 2 unspecified atom stereocenters. The highest BCUT2D eigenvalue weighted by Gasteiger charge is 2.37. The van der Waals surface area contributed by atoms with Crippen LogP contribution in [0, 0.1) is 10.7 Å². The van der Waals surface area contributed by atoms with Crippen molar-refractivity contribution in [2.75, 3.05) is 43.6 Å². The maximum absolute atomic E-state index is 13.5. The molecule has 0 spiro atoms. The van der Waals surface area contributed by atoms with Gasteiger partial charge in [-0.25, -0.2) is 0 Å². The molecule has 0 radical (unpaired) electrons. The lowest BCUT2D eigenvalue weighted by Gasteiger charge is -2.31. The standard InChI is InChI=1S/C23H29ClI3N3O7/c1-22(2)34-9-12(36-22)6-29-21(33)15-16(25)14(20(28)32)17(26)19(18(15)27)30(7-11(31)5-24)8-13-10-35-23(3,4)37-13/h12-13H,5-10H2,1-4H3,(H2,28,32)(H,29,33). The minimum Gasteiger partial charge on any atom is -0.366 e. The summed E-state index contributed by atoms with van der Waals surface area (Å²) in [6, 6.07) is 0. The highest BCUT2D eigenvalue weighted by Crippen LogP contribution is 2.38. The highest BCUT2D eigenvalue weighted by molar-refractivity contribution is 14.1.